The number of nitrogens with one attached hydrogen (secondary N) is 9. The number of aryl methyl sites for hydroxylation is 8. The molecular weight excluding hydrogens is 1120 g/mol. The molecule has 1 atom stereocenters. The number of carbonyl (C=O) groups is 10. The van der Waals surface area contributed by atoms with Gasteiger partial charge in [0, 0.05) is 119 Å². The van der Waals surface area contributed by atoms with E-state index in [0.717, 1.165) is 0 Å². The van der Waals surface area contributed by atoms with Crippen LogP contribution in [0.25, 0.3) is 0 Å². The van der Waals surface area contributed by atoms with Gasteiger partial charge in [0.1, 0.15) is 40.1 Å². The summed E-state index contributed by atoms with van der Waals surface area (Å²) in [7, 11) is 12.7. The van der Waals surface area contributed by atoms with Crippen LogP contribution in [0.3, 0.4) is 0 Å². The van der Waals surface area contributed by atoms with Crippen molar-refractivity contribution in [3.63, 3.8) is 0 Å². The molecule has 8 aromatic rings. The molecule has 32 nitrogen and oxygen atoms in total. The molecule has 8 heterocycles. The quantitative estimate of drug-likeness (QED) is 0.0515. The molecule has 0 radical (unpaired) electrons. The Morgan fingerprint density at radius 2 is 0.884 bits per heavy atom. The number of carboxylic acids is 1. The lowest BCUT2D eigenvalue weighted by Crippen LogP contribution is -2.46. The number of nitrogens with zero attached hydrogens (tertiary/aromatic N) is 11. The average Bonchev–Trinajstić information content (AvgIpc) is 2.68. The van der Waals surface area contributed by atoms with Crippen molar-refractivity contribution < 1.29 is 57.8 Å². The van der Waals surface area contributed by atoms with Crippen LogP contribution in [0.1, 0.15) is 107 Å². The normalized spacial score (nSPS) is 11.5. The summed E-state index contributed by atoms with van der Waals surface area (Å²) in [5.74, 6) is -5.88. The number of hydrogen-bond acceptors (Lipinski definition) is 14. The van der Waals surface area contributed by atoms with Gasteiger partial charge in [-0.15, -0.1) is 0 Å². The summed E-state index contributed by atoms with van der Waals surface area (Å²) in [6.07, 6.45) is 11.9. The second kappa shape index (κ2) is 24.5. The zero-order chi connectivity index (χ0) is 62.6. The summed E-state index contributed by atoms with van der Waals surface area (Å²) >= 11 is 0. The molecule has 0 aliphatic heterocycles. The van der Waals surface area contributed by atoms with Gasteiger partial charge in [0.15, 0.2) is 17.5 Å². The number of ether oxygens (including phenoxy) is 1. The second-order valence-corrected chi connectivity index (χ2v) is 20.9. The van der Waals surface area contributed by atoms with Crippen molar-refractivity contribution in [2.45, 2.75) is 45.3 Å². The van der Waals surface area contributed by atoms with Gasteiger partial charge in [-0.3, -0.25) is 43.7 Å². The molecule has 0 bridgehead atoms. The van der Waals surface area contributed by atoms with Crippen LogP contribution in [-0.4, -0.2) is 128 Å². The Morgan fingerprint density at radius 1 is 0.477 bits per heavy atom. The van der Waals surface area contributed by atoms with Crippen LogP contribution in [0.4, 0.5) is 50.8 Å². The monoisotopic (exact) mass is 1180 g/mol. The molecule has 0 unspecified atom stereocenters. The molecule has 8 rings (SSSR count). The first-order valence-corrected chi connectivity index (χ1v) is 26.1. The smallest absolute Gasteiger partial charge is 0.408 e. The first-order chi connectivity index (χ1) is 40.5. The highest BCUT2D eigenvalue weighted by molar-refractivity contribution is 6.10. The van der Waals surface area contributed by atoms with Crippen molar-refractivity contribution in [2.75, 3.05) is 42.5 Å². The Balaban J connectivity index is 0.844. The maximum Gasteiger partial charge on any atom is 0.408 e. The predicted molar refractivity (Wildman–Crippen MR) is 311 cm³/mol. The molecule has 9 amide bonds. The van der Waals surface area contributed by atoms with Crippen molar-refractivity contribution in [3.05, 3.63) is 126 Å². The van der Waals surface area contributed by atoms with E-state index in [-0.39, 0.29) is 87.6 Å². The van der Waals surface area contributed by atoms with Gasteiger partial charge in [-0.25, -0.2) is 19.6 Å². The highest BCUT2D eigenvalue weighted by Crippen LogP contribution is 2.23. The lowest BCUT2D eigenvalue weighted by atomic mass is 10.1. The summed E-state index contributed by atoms with van der Waals surface area (Å²) in [5.41, 5.74) is 0.867. The van der Waals surface area contributed by atoms with Crippen molar-refractivity contribution in [2.24, 2.45) is 56.4 Å². The van der Waals surface area contributed by atoms with Gasteiger partial charge in [-0.2, -0.15) is 4.98 Å². The van der Waals surface area contributed by atoms with E-state index in [1.54, 1.807) is 73.0 Å². The fourth-order valence-corrected chi connectivity index (χ4v) is 8.78. The van der Waals surface area contributed by atoms with E-state index in [2.05, 4.69) is 62.8 Å². The van der Waals surface area contributed by atoms with Crippen LogP contribution in [0.5, 0.6) is 0 Å². The van der Waals surface area contributed by atoms with Gasteiger partial charge in [0.2, 0.25) is 23.6 Å². The zero-order valence-electron chi connectivity index (χ0n) is 48.4. The molecular formula is C54H62N20O12. The predicted octanol–water partition coefficient (Wildman–Crippen LogP) is 4.04. The van der Waals surface area contributed by atoms with Crippen LogP contribution < -0.4 is 47.9 Å². The van der Waals surface area contributed by atoms with Gasteiger partial charge >= 0.3 is 12.1 Å². The summed E-state index contributed by atoms with van der Waals surface area (Å²) in [6, 6.07) is 5.68. The lowest BCUT2D eigenvalue weighted by molar-refractivity contribution is -0.119. The number of rotatable bonds is 20. The number of aromatic carboxylic acids is 1. The Bertz CT molecular complexity index is 4020. The maximum atomic E-state index is 13.9. The van der Waals surface area contributed by atoms with E-state index in [9.17, 15) is 53.1 Å². The fraction of sp³-hybridized carbons (Fsp3) is 0.278. The molecule has 0 fully saturated rings. The number of amides is 9. The number of anilines is 8. The Hall–Kier alpha value is -11.5. The number of hydrogen-bond donors (Lipinski definition) is 10. The van der Waals surface area contributed by atoms with Gasteiger partial charge in [-0.1, -0.05) is 0 Å². The second-order valence-electron chi connectivity index (χ2n) is 20.9. The molecule has 450 valence electrons. The topological polar surface area (TPSA) is 387 Å². The Kier molecular flexibility index (Phi) is 17.3. The number of alkyl carbamates (subject to hydrolysis) is 1. The Morgan fingerprint density at radius 3 is 1.33 bits per heavy atom. The largest absolute Gasteiger partial charge is 0.477 e. The van der Waals surface area contributed by atoms with Crippen LogP contribution in [-0.2, 0) is 70.7 Å². The number of carboxylic acid groups (broad SMARTS) is 1. The Labute approximate surface area is 488 Å². The van der Waals surface area contributed by atoms with Crippen LogP contribution >= 0.6 is 0 Å². The molecule has 0 saturated carbocycles. The number of aromatic nitrogens is 11. The third-order valence-corrected chi connectivity index (χ3v) is 12.9. The van der Waals surface area contributed by atoms with E-state index < -0.39 is 71.0 Å². The van der Waals surface area contributed by atoms with Gasteiger partial charge in [0.05, 0.1) is 28.4 Å². The van der Waals surface area contributed by atoms with Crippen molar-refractivity contribution in [1.29, 1.82) is 0 Å². The third kappa shape index (κ3) is 14.4. The molecule has 32 heteroatoms. The minimum absolute atomic E-state index is 0.00443. The SMILES string of the molecule is Cn1cc(NC(=O)c2cc(NC(=O)c3nc(NC(=O)c4cc(NC(=O)[C@H](CCC(=O)Nc5nc(NC(=O)c6cc(NC(=O)c7cc(NC(=O)c8nccn8C)cn7C)cn6C)cn5C)NC(=O)OC(C)(C)C)cn4C)cn3C)cn2C)cc1C(=O)O. The van der Waals surface area contributed by atoms with E-state index in [1.807, 2.05) is 0 Å². The average molecular weight is 1180 g/mol. The minimum atomic E-state index is -1.35. The lowest BCUT2D eigenvalue weighted by Gasteiger charge is -2.23. The summed E-state index contributed by atoms with van der Waals surface area (Å²) < 4.78 is 17.0. The molecule has 0 aromatic carbocycles. The van der Waals surface area contributed by atoms with Gasteiger partial charge in [-0.05, 0) is 57.5 Å². The molecule has 86 heavy (non-hydrogen) atoms. The number of imidazole rings is 3. The van der Waals surface area contributed by atoms with Crippen molar-refractivity contribution >= 4 is 105 Å². The van der Waals surface area contributed by atoms with Crippen LogP contribution in [0.2, 0.25) is 0 Å². The number of carbonyl (C=O) groups excluding carboxylic acids is 9. The zero-order valence-corrected chi connectivity index (χ0v) is 48.4. The molecule has 0 aliphatic carbocycles. The van der Waals surface area contributed by atoms with Crippen molar-refractivity contribution in [1.82, 2.24) is 56.8 Å². The highest BCUT2D eigenvalue weighted by Gasteiger charge is 2.28. The standard InChI is InChI=1S/C54H62N20O12/c1-54(2,3)86-53(85)61-33(12-13-41(75)66-52-65-40(27-74(52)11)64-48(80)37-17-29(22-71(37)8)57-45(77)34-18-30(23-68(34)5)59-49(81)42-55-14-15-67(42)4)44(76)56-28-16-36(70(7)21-28)47(79)63-39-26-73(10)43(62-39)50(82)60-31-19-35(69(6)24-31)46(78)58-32-20-38(51(83)84)72(9)25-32/h14-27,33H,12-13H2,1-11H3,(H,56,76)(H,57,77)(H,58,78)(H,59,81)(H,60,82)(H,61,85)(H,63,79)(H,64,80)(H,83,84)(H,65,66,75)/t33-/m0/s1. The third-order valence-electron chi connectivity index (χ3n) is 12.9. The molecule has 8 aromatic heterocycles. The van der Waals surface area contributed by atoms with E-state index in [0.29, 0.717) is 11.4 Å². The van der Waals surface area contributed by atoms with E-state index in [1.165, 1.54) is 127 Å². The minimum Gasteiger partial charge on any atom is -0.477 e. The van der Waals surface area contributed by atoms with Gasteiger partial charge in [0.25, 0.3) is 35.4 Å². The molecule has 0 saturated heterocycles. The summed E-state index contributed by atoms with van der Waals surface area (Å²) in [4.78, 5) is 144. The van der Waals surface area contributed by atoms with Crippen LogP contribution in [0, 0.1) is 0 Å². The first-order valence-electron chi connectivity index (χ1n) is 26.1. The maximum absolute atomic E-state index is 13.9. The van der Waals surface area contributed by atoms with E-state index >= 15 is 0 Å². The molecule has 0 spiro atoms. The van der Waals surface area contributed by atoms with Gasteiger partial charge < -0.3 is 88.9 Å². The molecule has 10 N–H and O–H groups in total. The summed E-state index contributed by atoms with van der Waals surface area (Å²) in [5, 5.41) is 33.2. The molecule has 0 aliphatic rings. The van der Waals surface area contributed by atoms with Crippen molar-refractivity contribution in [3.8, 4) is 0 Å². The first kappa shape index (κ1) is 60.6. The fourth-order valence-electron chi connectivity index (χ4n) is 8.78. The highest BCUT2D eigenvalue weighted by atomic mass is 16.6. The summed E-state index contributed by atoms with van der Waals surface area (Å²) in [6.45, 7) is 4.89. The van der Waals surface area contributed by atoms with Crippen LogP contribution in [0.15, 0.2) is 86.1 Å². The van der Waals surface area contributed by atoms with E-state index in [4.69, 9.17) is 4.74 Å².